The van der Waals surface area contributed by atoms with E-state index in [0.717, 1.165) is 26.1 Å². The number of hydrogen-bond donors (Lipinski definition) is 3. The quantitative estimate of drug-likeness (QED) is 0.195. The van der Waals surface area contributed by atoms with Gasteiger partial charge in [0.1, 0.15) is 5.84 Å². The Morgan fingerprint density at radius 3 is 3.07 bits per heavy atom. The number of oxime groups is 1. The van der Waals surface area contributed by atoms with Crippen LogP contribution in [0.3, 0.4) is 0 Å². The van der Waals surface area contributed by atoms with Crippen LogP contribution in [-0.4, -0.2) is 33.7 Å². The van der Waals surface area contributed by atoms with E-state index in [9.17, 15) is 0 Å². The van der Waals surface area contributed by atoms with Crippen LogP contribution in [0.2, 0.25) is 0 Å². The standard InChI is InChI=1S/C9H17N5O/c10-9(13-15)2-1-3-11-4-6-14-7-5-12-8-14/h5,7-8,11,15H,1-4,6H2,(H2,10,13). The molecule has 6 nitrogen and oxygen atoms in total. The first-order valence-corrected chi connectivity index (χ1v) is 4.96. The van der Waals surface area contributed by atoms with Crippen LogP contribution in [0.4, 0.5) is 0 Å². The molecule has 1 aromatic rings. The molecule has 0 amide bonds. The average molecular weight is 211 g/mol. The molecular formula is C9H17N5O. The van der Waals surface area contributed by atoms with Crippen LogP contribution in [0.5, 0.6) is 0 Å². The molecule has 1 heterocycles. The molecule has 0 aliphatic carbocycles. The summed E-state index contributed by atoms with van der Waals surface area (Å²) in [6.45, 7) is 2.67. The van der Waals surface area contributed by atoms with E-state index in [1.807, 2.05) is 10.8 Å². The lowest BCUT2D eigenvalue weighted by molar-refractivity contribution is 0.316. The van der Waals surface area contributed by atoms with Crippen molar-refractivity contribution in [3.05, 3.63) is 18.7 Å². The number of imidazole rings is 1. The maximum Gasteiger partial charge on any atom is 0.139 e. The molecule has 0 bridgehead atoms. The van der Waals surface area contributed by atoms with E-state index < -0.39 is 0 Å². The van der Waals surface area contributed by atoms with E-state index >= 15 is 0 Å². The molecule has 15 heavy (non-hydrogen) atoms. The van der Waals surface area contributed by atoms with E-state index in [1.165, 1.54) is 0 Å². The summed E-state index contributed by atoms with van der Waals surface area (Å²) in [6.07, 6.45) is 6.98. The molecule has 0 fully saturated rings. The topological polar surface area (TPSA) is 88.5 Å². The first-order chi connectivity index (χ1) is 7.33. The van der Waals surface area contributed by atoms with Crippen molar-refractivity contribution in [2.45, 2.75) is 19.4 Å². The third kappa shape index (κ3) is 5.02. The normalized spacial score (nSPS) is 11.9. The third-order valence-corrected chi connectivity index (χ3v) is 2.02. The Balaban J connectivity index is 1.94. The Hall–Kier alpha value is -1.56. The van der Waals surface area contributed by atoms with Gasteiger partial charge in [0.2, 0.25) is 0 Å². The second-order valence-corrected chi connectivity index (χ2v) is 3.25. The zero-order valence-corrected chi connectivity index (χ0v) is 8.63. The zero-order valence-electron chi connectivity index (χ0n) is 8.63. The fourth-order valence-electron chi connectivity index (χ4n) is 1.20. The smallest absolute Gasteiger partial charge is 0.139 e. The lowest BCUT2D eigenvalue weighted by Crippen LogP contribution is -2.22. The minimum Gasteiger partial charge on any atom is -0.409 e. The molecule has 0 aliphatic rings. The molecule has 6 heteroatoms. The molecule has 0 unspecified atom stereocenters. The molecule has 4 N–H and O–H groups in total. The first kappa shape index (κ1) is 11.5. The predicted octanol–water partition coefficient (Wildman–Crippen LogP) is -0.000700. The van der Waals surface area contributed by atoms with E-state index in [2.05, 4.69) is 15.5 Å². The fraction of sp³-hybridized carbons (Fsp3) is 0.556. The van der Waals surface area contributed by atoms with Gasteiger partial charge in [-0.1, -0.05) is 5.16 Å². The molecule has 0 saturated heterocycles. The molecule has 0 aromatic carbocycles. The van der Waals surface area contributed by atoms with Gasteiger partial charge in [-0.3, -0.25) is 0 Å². The van der Waals surface area contributed by atoms with Gasteiger partial charge < -0.3 is 20.8 Å². The Morgan fingerprint density at radius 1 is 1.53 bits per heavy atom. The minimum absolute atomic E-state index is 0.284. The lowest BCUT2D eigenvalue weighted by Gasteiger charge is -2.04. The number of aromatic nitrogens is 2. The number of nitrogens with one attached hydrogen (secondary N) is 1. The van der Waals surface area contributed by atoms with E-state index in [4.69, 9.17) is 10.9 Å². The van der Waals surface area contributed by atoms with Gasteiger partial charge in [-0.05, 0) is 13.0 Å². The van der Waals surface area contributed by atoms with Gasteiger partial charge in [-0.25, -0.2) is 4.98 Å². The van der Waals surface area contributed by atoms with Crippen molar-refractivity contribution in [1.82, 2.24) is 14.9 Å². The Kier molecular flexibility index (Phi) is 5.24. The molecule has 84 valence electrons. The maximum absolute atomic E-state index is 8.29. The fourth-order valence-corrected chi connectivity index (χ4v) is 1.20. The van der Waals surface area contributed by atoms with Crippen LogP contribution in [0.25, 0.3) is 0 Å². The summed E-state index contributed by atoms with van der Waals surface area (Å²) >= 11 is 0. The highest BCUT2D eigenvalue weighted by atomic mass is 16.4. The van der Waals surface area contributed by atoms with Gasteiger partial charge in [0.25, 0.3) is 0 Å². The molecule has 1 rings (SSSR count). The molecular weight excluding hydrogens is 194 g/mol. The van der Waals surface area contributed by atoms with Crippen molar-refractivity contribution >= 4 is 5.84 Å². The highest BCUT2D eigenvalue weighted by molar-refractivity contribution is 5.79. The Labute approximate surface area is 88.8 Å². The summed E-state index contributed by atoms with van der Waals surface area (Å²) in [5, 5.41) is 14.5. The minimum atomic E-state index is 0.284. The first-order valence-electron chi connectivity index (χ1n) is 4.96. The Morgan fingerprint density at radius 2 is 2.40 bits per heavy atom. The molecule has 0 spiro atoms. The summed E-state index contributed by atoms with van der Waals surface area (Å²) < 4.78 is 2.01. The molecule has 0 saturated carbocycles. The summed E-state index contributed by atoms with van der Waals surface area (Å²) in [5.41, 5.74) is 5.32. The summed E-state index contributed by atoms with van der Waals surface area (Å²) in [6, 6.07) is 0. The Bertz CT molecular complexity index is 283. The maximum atomic E-state index is 8.29. The number of nitrogens with two attached hydrogens (primary N) is 1. The highest BCUT2D eigenvalue weighted by Gasteiger charge is 1.93. The molecule has 0 atom stereocenters. The van der Waals surface area contributed by atoms with Crippen LogP contribution in [-0.2, 0) is 6.54 Å². The van der Waals surface area contributed by atoms with Crippen molar-refractivity contribution in [1.29, 1.82) is 0 Å². The van der Waals surface area contributed by atoms with Crippen LogP contribution in [0.15, 0.2) is 23.9 Å². The zero-order chi connectivity index (χ0) is 10.9. The van der Waals surface area contributed by atoms with Crippen LogP contribution >= 0.6 is 0 Å². The molecule has 0 radical (unpaired) electrons. The number of rotatable bonds is 7. The second kappa shape index (κ2) is 6.83. The number of amidine groups is 1. The monoisotopic (exact) mass is 211 g/mol. The van der Waals surface area contributed by atoms with Crippen molar-refractivity contribution in [3.63, 3.8) is 0 Å². The average Bonchev–Trinajstić information content (AvgIpc) is 2.75. The van der Waals surface area contributed by atoms with Gasteiger partial charge in [0.05, 0.1) is 6.33 Å². The lowest BCUT2D eigenvalue weighted by atomic mass is 10.3. The van der Waals surface area contributed by atoms with E-state index in [1.54, 1.807) is 12.5 Å². The van der Waals surface area contributed by atoms with Crippen LogP contribution in [0.1, 0.15) is 12.8 Å². The molecule has 1 aromatic heterocycles. The van der Waals surface area contributed by atoms with E-state index in [-0.39, 0.29) is 5.84 Å². The SMILES string of the molecule is NC(CCCNCCn1ccnc1)=NO. The van der Waals surface area contributed by atoms with E-state index in [0.29, 0.717) is 6.42 Å². The summed E-state index contributed by atoms with van der Waals surface area (Å²) in [4.78, 5) is 3.95. The van der Waals surface area contributed by atoms with Crippen molar-refractivity contribution in [2.24, 2.45) is 10.9 Å². The third-order valence-electron chi connectivity index (χ3n) is 2.02. The molecule has 0 aliphatic heterocycles. The van der Waals surface area contributed by atoms with Crippen molar-refractivity contribution in [2.75, 3.05) is 13.1 Å². The van der Waals surface area contributed by atoms with Gasteiger partial charge in [-0.2, -0.15) is 0 Å². The number of hydrogen-bond acceptors (Lipinski definition) is 4. The van der Waals surface area contributed by atoms with Crippen molar-refractivity contribution in [3.8, 4) is 0 Å². The van der Waals surface area contributed by atoms with Crippen molar-refractivity contribution < 1.29 is 5.21 Å². The summed E-state index contributed by atoms with van der Waals surface area (Å²) in [7, 11) is 0. The van der Waals surface area contributed by atoms with Gasteiger partial charge in [0.15, 0.2) is 0 Å². The largest absolute Gasteiger partial charge is 0.409 e. The van der Waals surface area contributed by atoms with Crippen LogP contribution < -0.4 is 11.1 Å². The van der Waals surface area contributed by atoms with Gasteiger partial charge in [0, 0.05) is 31.9 Å². The highest BCUT2D eigenvalue weighted by Crippen LogP contribution is 1.87. The second-order valence-electron chi connectivity index (χ2n) is 3.25. The van der Waals surface area contributed by atoms with Gasteiger partial charge >= 0.3 is 0 Å². The summed E-state index contributed by atoms with van der Waals surface area (Å²) in [5.74, 6) is 0.284. The predicted molar refractivity (Wildman–Crippen MR) is 57.7 cm³/mol. The van der Waals surface area contributed by atoms with Gasteiger partial charge in [-0.15, -0.1) is 0 Å². The van der Waals surface area contributed by atoms with Crippen LogP contribution in [0, 0.1) is 0 Å². The number of nitrogens with zero attached hydrogens (tertiary/aromatic N) is 3.